The van der Waals surface area contributed by atoms with Crippen LogP contribution in [0.3, 0.4) is 0 Å². The van der Waals surface area contributed by atoms with E-state index in [9.17, 15) is 4.79 Å². The molecule has 1 aromatic heterocycles. The van der Waals surface area contributed by atoms with E-state index in [-0.39, 0.29) is 12.3 Å². The lowest BCUT2D eigenvalue weighted by atomic mass is 10.1. The molecule has 0 aliphatic rings. The zero-order valence-corrected chi connectivity index (χ0v) is 15.1. The summed E-state index contributed by atoms with van der Waals surface area (Å²) in [6.45, 7) is 4.00. The van der Waals surface area contributed by atoms with Crippen LogP contribution in [0.4, 0.5) is 5.69 Å². The smallest absolute Gasteiger partial charge is 0.227 e. The molecule has 0 atom stereocenters. The molecule has 3 aromatic rings. The van der Waals surface area contributed by atoms with Crippen molar-refractivity contribution in [3.05, 3.63) is 59.5 Å². The average molecular weight is 351 g/mol. The minimum atomic E-state index is -0.0841. The SMILES string of the molecule is COc1ccc(-c2noc(CCC(=O)Nc3cc(C)cc(C)c3)n2)cc1. The van der Waals surface area contributed by atoms with Crippen molar-refractivity contribution in [2.75, 3.05) is 12.4 Å². The summed E-state index contributed by atoms with van der Waals surface area (Å²) in [5.41, 5.74) is 3.86. The fourth-order valence-corrected chi connectivity index (χ4v) is 2.70. The fraction of sp³-hybridized carbons (Fsp3) is 0.250. The molecule has 2 aromatic carbocycles. The van der Waals surface area contributed by atoms with E-state index in [0.29, 0.717) is 18.1 Å². The Hall–Kier alpha value is -3.15. The first kappa shape index (κ1) is 17.7. The fourth-order valence-electron chi connectivity index (χ4n) is 2.70. The number of anilines is 1. The molecule has 0 bridgehead atoms. The van der Waals surface area contributed by atoms with Crippen LogP contribution < -0.4 is 10.1 Å². The van der Waals surface area contributed by atoms with Gasteiger partial charge in [0.05, 0.1) is 7.11 Å². The molecule has 0 saturated heterocycles. The summed E-state index contributed by atoms with van der Waals surface area (Å²) in [6, 6.07) is 13.3. The Morgan fingerprint density at radius 3 is 2.46 bits per heavy atom. The number of aromatic nitrogens is 2. The average Bonchev–Trinajstić information content (AvgIpc) is 3.08. The molecule has 0 fully saturated rings. The third-order valence-corrected chi connectivity index (χ3v) is 3.89. The van der Waals surface area contributed by atoms with E-state index in [4.69, 9.17) is 9.26 Å². The molecule has 0 aliphatic heterocycles. The summed E-state index contributed by atoms with van der Waals surface area (Å²) in [5, 5.41) is 6.87. The number of rotatable bonds is 6. The lowest BCUT2D eigenvalue weighted by molar-refractivity contribution is -0.116. The van der Waals surface area contributed by atoms with Crippen LogP contribution in [0, 0.1) is 13.8 Å². The van der Waals surface area contributed by atoms with Crippen LogP contribution >= 0.6 is 0 Å². The number of hydrogen-bond donors (Lipinski definition) is 1. The number of aryl methyl sites for hydroxylation is 3. The van der Waals surface area contributed by atoms with Gasteiger partial charge in [-0.25, -0.2) is 0 Å². The summed E-state index contributed by atoms with van der Waals surface area (Å²) in [5.74, 6) is 1.61. The van der Waals surface area contributed by atoms with Crippen LogP contribution in [0.5, 0.6) is 5.75 Å². The van der Waals surface area contributed by atoms with Gasteiger partial charge in [0.2, 0.25) is 17.6 Å². The van der Waals surface area contributed by atoms with Crippen molar-refractivity contribution >= 4 is 11.6 Å². The Balaban J connectivity index is 1.57. The van der Waals surface area contributed by atoms with Gasteiger partial charge in [0.15, 0.2) is 0 Å². The van der Waals surface area contributed by atoms with Gasteiger partial charge in [-0.3, -0.25) is 4.79 Å². The van der Waals surface area contributed by atoms with Crippen molar-refractivity contribution in [3.63, 3.8) is 0 Å². The molecule has 134 valence electrons. The van der Waals surface area contributed by atoms with Crippen molar-refractivity contribution in [2.24, 2.45) is 0 Å². The van der Waals surface area contributed by atoms with Gasteiger partial charge in [0.1, 0.15) is 5.75 Å². The number of amides is 1. The molecule has 1 heterocycles. The first-order valence-electron chi connectivity index (χ1n) is 8.38. The summed E-state index contributed by atoms with van der Waals surface area (Å²) in [6.07, 6.45) is 0.664. The predicted molar refractivity (Wildman–Crippen MR) is 99.2 cm³/mol. The molecule has 6 heteroatoms. The number of benzene rings is 2. The van der Waals surface area contributed by atoms with Crippen molar-refractivity contribution in [1.29, 1.82) is 0 Å². The van der Waals surface area contributed by atoms with Gasteiger partial charge in [0, 0.05) is 24.1 Å². The summed E-state index contributed by atoms with van der Waals surface area (Å²) < 4.78 is 10.4. The lowest BCUT2D eigenvalue weighted by Gasteiger charge is -2.06. The Kier molecular flexibility index (Phi) is 5.31. The quantitative estimate of drug-likeness (QED) is 0.728. The second-order valence-electron chi connectivity index (χ2n) is 6.16. The minimum Gasteiger partial charge on any atom is -0.497 e. The molecule has 0 radical (unpaired) electrons. The Morgan fingerprint density at radius 2 is 1.81 bits per heavy atom. The third-order valence-electron chi connectivity index (χ3n) is 3.89. The molecule has 3 rings (SSSR count). The highest BCUT2D eigenvalue weighted by Crippen LogP contribution is 2.20. The maximum atomic E-state index is 12.1. The van der Waals surface area contributed by atoms with Gasteiger partial charge in [-0.2, -0.15) is 4.98 Å². The summed E-state index contributed by atoms with van der Waals surface area (Å²) >= 11 is 0. The number of nitrogens with one attached hydrogen (secondary N) is 1. The van der Waals surface area contributed by atoms with E-state index < -0.39 is 0 Å². The van der Waals surface area contributed by atoms with Crippen molar-refractivity contribution in [1.82, 2.24) is 10.1 Å². The Labute approximate surface area is 152 Å². The molecular weight excluding hydrogens is 330 g/mol. The minimum absolute atomic E-state index is 0.0841. The number of nitrogens with zero attached hydrogens (tertiary/aromatic N) is 2. The van der Waals surface area contributed by atoms with Crippen LogP contribution in [0.2, 0.25) is 0 Å². The second kappa shape index (κ2) is 7.82. The maximum Gasteiger partial charge on any atom is 0.227 e. The molecule has 0 unspecified atom stereocenters. The molecule has 26 heavy (non-hydrogen) atoms. The van der Waals surface area contributed by atoms with Crippen molar-refractivity contribution in [3.8, 4) is 17.1 Å². The molecule has 6 nitrogen and oxygen atoms in total. The van der Waals surface area contributed by atoms with Crippen LogP contribution in [0.25, 0.3) is 11.4 Å². The van der Waals surface area contributed by atoms with E-state index in [1.54, 1.807) is 7.11 Å². The number of carbonyl (C=O) groups excluding carboxylic acids is 1. The number of ether oxygens (including phenoxy) is 1. The number of carbonyl (C=O) groups is 1. The molecular formula is C20H21N3O3. The zero-order chi connectivity index (χ0) is 18.5. The van der Waals surface area contributed by atoms with E-state index in [2.05, 4.69) is 21.5 Å². The van der Waals surface area contributed by atoms with E-state index in [1.165, 1.54) is 0 Å². The maximum absolute atomic E-state index is 12.1. The van der Waals surface area contributed by atoms with Crippen LogP contribution in [0.1, 0.15) is 23.4 Å². The van der Waals surface area contributed by atoms with Gasteiger partial charge in [-0.1, -0.05) is 11.2 Å². The van der Waals surface area contributed by atoms with Crippen molar-refractivity contribution in [2.45, 2.75) is 26.7 Å². The monoisotopic (exact) mass is 351 g/mol. The largest absolute Gasteiger partial charge is 0.497 e. The first-order valence-corrected chi connectivity index (χ1v) is 8.38. The molecule has 0 saturated carbocycles. The zero-order valence-electron chi connectivity index (χ0n) is 15.1. The van der Waals surface area contributed by atoms with Gasteiger partial charge in [0.25, 0.3) is 0 Å². The highest BCUT2D eigenvalue weighted by Gasteiger charge is 2.11. The highest BCUT2D eigenvalue weighted by molar-refractivity contribution is 5.90. The van der Waals surface area contributed by atoms with Crippen LogP contribution in [0.15, 0.2) is 47.0 Å². The van der Waals surface area contributed by atoms with Crippen LogP contribution in [-0.4, -0.2) is 23.2 Å². The molecule has 1 N–H and O–H groups in total. The predicted octanol–water partition coefficient (Wildman–Crippen LogP) is 3.93. The second-order valence-corrected chi connectivity index (χ2v) is 6.16. The summed E-state index contributed by atoms with van der Waals surface area (Å²) in [7, 11) is 1.62. The molecule has 1 amide bonds. The normalized spacial score (nSPS) is 10.6. The third kappa shape index (κ3) is 4.47. The highest BCUT2D eigenvalue weighted by atomic mass is 16.5. The van der Waals surface area contributed by atoms with E-state index in [1.807, 2.05) is 50.2 Å². The van der Waals surface area contributed by atoms with Gasteiger partial charge in [-0.05, 0) is 61.4 Å². The Morgan fingerprint density at radius 1 is 1.12 bits per heavy atom. The number of hydrogen-bond acceptors (Lipinski definition) is 5. The lowest BCUT2D eigenvalue weighted by Crippen LogP contribution is -2.12. The summed E-state index contributed by atoms with van der Waals surface area (Å²) in [4.78, 5) is 16.5. The van der Waals surface area contributed by atoms with E-state index in [0.717, 1.165) is 28.1 Å². The van der Waals surface area contributed by atoms with E-state index >= 15 is 0 Å². The van der Waals surface area contributed by atoms with Crippen molar-refractivity contribution < 1.29 is 14.1 Å². The van der Waals surface area contributed by atoms with Crippen LogP contribution in [-0.2, 0) is 11.2 Å². The standard InChI is InChI=1S/C20H21N3O3/c1-13-10-14(2)12-16(11-13)21-18(24)8-9-19-22-20(23-26-19)15-4-6-17(25-3)7-5-15/h4-7,10-12H,8-9H2,1-3H3,(H,21,24). The first-order chi connectivity index (χ1) is 12.5. The van der Waals surface area contributed by atoms with Gasteiger partial charge in [-0.15, -0.1) is 0 Å². The number of methoxy groups -OCH3 is 1. The van der Waals surface area contributed by atoms with Gasteiger partial charge < -0.3 is 14.6 Å². The van der Waals surface area contributed by atoms with Gasteiger partial charge >= 0.3 is 0 Å². The Bertz CT molecular complexity index is 881. The molecule has 0 spiro atoms. The topological polar surface area (TPSA) is 77.2 Å². The molecule has 0 aliphatic carbocycles.